The third kappa shape index (κ3) is 3.65. The Morgan fingerprint density at radius 2 is 1.93 bits per heavy atom. The minimum Gasteiger partial charge on any atom is -0.453 e. The van der Waals surface area contributed by atoms with Crippen LogP contribution in [0.2, 0.25) is 0 Å². The molecule has 1 atom stereocenters. The Morgan fingerprint density at radius 1 is 1.14 bits per heavy atom. The fourth-order valence-electron chi connectivity index (χ4n) is 3.85. The Bertz CT molecular complexity index is 1010. The number of anilines is 1. The van der Waals surface area contributed by atoms with E-state index in [4.69, 9.17) is 4.74 Å². The van der Waals surface area contributed by atoms with Gasteiger partial charge in [0.25, 0.3) is 5.91 Å². The highest BCUT2D eigenvalue weighted by atomic mass is 16.5. The molecule has 1 amide bonds. The molecule has 1 aliphatic rings. The second kappa shape index (κ2) is 7.89. The van der Waals surface area contributed by atoms with Gasteiger partial charge in [-0.3, -0.25) is 9.59 Å². The van der Waals surface area contributed by atoms with Gasteiger partial charge in [-0.25, -0.2) is 0 Å². The Hall–Kier alpha value is -3.08. The van der Waals surface area contributed by atoms with Gasteiger partial charge in [0.05, 0.1) is 0 Å². The van der Waals surface area contributed by atoms with Crippen molar-refractivity contribution in [2.24, 2.45) is 0 Å². The number of aryl methyl sites for hydroxylation is 1. The highest BCUT2D eigenvalue weighted by molar-refractivity contribution is 5.99. The van der Waals surface area contributed by atoms with Crippen molar-refractivity contribution in [3.63, 3.8) is 0 Å². The molecule has 2 aromatic carbocycles. The van der Waals surface area contributed by atoms with Gasteiger partial charge in [0.2, 0.25) is 0 Å². The van der Waals surface area contributed by atoms with Crippen LogP contribution in [0.5, 0.6) is 0 Å². The molecule has 0 unspecified atom stereocenters. The molecule has 4 rings (SSSR count). The zero-order valence-electron chi connectivity index (χ0n) is 16.0. The third-order valence-electron chi connectivity index (χ3n) is 5.31. The number of aromatic nitrogens is 1. The van der Waals surface area contributed by atoms with Crippen molar-refractivity contribution >= 4 is 28.5 Å². The number of rotatable bonds is 6. The van der Waals surface area contributed by atoms with Gasteiger partial charge in [0.1, 0.15) is 0 Å². The van der Waals surface area contributed by atoms with Crippen LogP contribution in [0.3, 0.4) is 0 Å². The van der Waals surface area contributed by atoms with Crippen LogP contribution in [0.4, 0.5) is 5.69 Å². The number of hydrogen-bond donors (Lipinski definition) is 1. The van der Waals surface area contributed by atoms with Gasteiger partial charge in [0.15, 0.2) is 6.10 Å². The van der Waals surface area contributed by atoms with E-state index in [-0.39, 0.29) is 11.9 Å². The first kappa shape index (κ1) is 18.3. The largest absolute Gasteiger partial charge is 0.453 e. The maximum Gasteiger partial charge on any atom is 0.306 e. The van der Waals surface area contributed by atoms with Crippen molar-refractivity contribution in [2.75, 3.05) is 11.4 Å². The summed E-state index contributed by atoms with van der Waals surface area (Å²) in [5.41, 5.74) is 4.38. The number of carbonyl (C=O) groups excluding carboxylic acids is 2. The molecule has 0 saturated heterocycles. The minimum absolute atomic E-state index is 0.157. The number of carbonyl (C=O) groups is 2. The smallest absolute Gasteiger partial charge is 0.306 e. The molecule has 144 valence electrons. The summed E-state index contributed by atoms with van der Waals surface area (Å²) < 4.78 is 5.41. The first-order chi connectivity index (χ1) is 13.6. The molecule has 0 saturated carbocycles. The summed E-state index contributed by atoms with van der Waals surface area (Å²) in [5, 5.41) is 1.19. The molecule has 3 aromatic rings. The summed E-state index contributed by atoms with van der Waals surface area (Å²) in [5.74, 6) is -0.483. The summed E-state index contributed by atoms with van der Waals surface area (Å²) >= 11 is 0. The average molecular weight is 376 g/mol. The van der Waals surface area contributed by atoms with Gasteiger partial charge in [0, 0.05) is 35.8 Å². The number of para-hydroxylation sites is 2. The highest BCUT2D eigenvalue weighted by Crippen LogP contribution is 2.28. The van der Waals surface area contributed by atoms with Crippen LogP contribution >= 0.6 is 0 Å². The zero-order chi connectivity index (χ0) is 19.5. The van der Waals surface area contributed by atoms with Crippen molar-refractivity contribution in [3.05, 3.63) is 65.9 Å². The fourth-order valence-corrected chi connectivity index (χ4v) is 3.85. The number of nitrogens with zero attached hydrogens (tertiary/aromatic N) is 1. The average Bonchev–Trinajstić information content (AvgIpc) is 3.32. The quantitative estimate of drug-likeness (QED) is 0.661. The van der Waals surface area contributed by atoms with Crippen molar-refractivity contribution in [1.82, 2.24) is 4.98 Å². The number of H-pyrrole nitrogens is 1. The standard InChI is InChI=1S/C23H24N2O3/c1-16(23(27)25-14-13-17-7-2-5-11-21(17)25)28-22(26)12-6-8-18-15-24-20-10-4-3-9-19(18)20/h2-5,7,9-11,15-16,24H,6,8,12-14H2,1H3/t16-/m1/s1. The van der Waals surface area contributed by atoms with E-state index in [1.165, 1.54) is 10.9 Å². The summed E-state index contributed by atoms with van der Waals surface area (Å²) in [6.07, 6.45) is 3.84. The van der Waals surface area contributed by atoms with E-state index in [2.05, 4.69) is 11.1 Å². The topological polar surface area (TPSA) is 62.4 Å². The van der Waals surface area contributed by atoms with E-state index in [9.17, 15) is 9.59 Å². The second-order valence-electron chi connectivity index (χ2n) is 7.21. The molecule has 5 heteroatoms. The number of esters is 1. The molecular weight excluding hydrogens is 352 g/mol. The molecule has 1 aromatic heterocycles. The molecule has 2 heterocycles. The van der Waals surface area contributed by atoms with E-state index in [0.717, 1.165) is 29.6 Å². The second-order valence-corrected chi connectivity index (χ2v) is 7.21. The summed E-state index contributed by atoms with van der Waals surface area (Å²) in [6.45, 7) is 2.29. The van der Waals surface area contributed by atoms with E-state index in [1.54, 1.807) is 11.8 Å². The predicted molar refractivity (Wildman–Crippen MR) is 109 cm³/mol. The van der Waals surface area contributed by atoms with Crippen molar-refractivity contribution in [2.45, 2.75) is 38.7 Å². The van der Waals surface area contributed by atoms with Crippen molar-refractivity contribution < 1.29 is 14.3 Å². The van der Waals surface area contributed by atoms with E-state index in [1.807, 2.05) is 48.7 Å². The molecule has 1 N–H and O–H groups in total. The lowest BCUT2D eigenvalue weighted by Gasteiger charge is -2.21. The summed E-state index contributed by atoms with van der Waals surface area (Å²) in [4.78, 5) is 29.9. The molecule has 0 bridgehead atoms. The van der Waals surface area contributed by atoms with Gasteiger partial charge in [-0.1, -0.05) is 36.4 Å². The van der Waals surface area contributed by atoms with Gasteiger partial charge in [-0.2, -0.15) is 0 Å². The number of amides is 1. The van der Waals surface area contributed by atoms with Gasteiger partial charge in [-0.15, -0.1) is 0 Å². The van der Waals surface area contributed by atoms with Crippen LogP contribution in [-0.4, -0.2) is 29.5 Å². The maximum absolute atomic E-state index is 12.7. The van der Waals surface area contributed by atoms with Crippen LogP contribution < -0.4 is 4.90 Å². The first-order valence-corrected chi connectivity index (χ1v) is 9.77. The summed E-state index contributed by atoms with van der Waals surface area (Å²) in [7, 11) is 0. The number of nitrogens with one attached hydrogen (secondary N) is 1. The fraction of sp³-hybridized carbons (Fsp3) is 0.304. The normalized spacial score (nSPS) is 14.1. The lowest BCUT2D eigenvalue weighted by molar-refractivity contribution is -0.153. The van der Waals surface area contributed by atoms with Gasteiger partial charge in [-0.05, 0) is 49.4 Å². The molecular formula is C23H24N2O3. The van der Waals surface area contributed by atoms with Crippen LogP contribution in [0.15, 0.2) is 54.7 Å². The molecule has 0 fully saturated rings. The molecule has 0 spiro atoms. The van der Waals surface area contributed by atoms with E-state index < -0.39 is 6.10 Å². The number of hydrogen-bond acceptors (Lipinski definition) is 3. The third-order valence-corrected chi connectivity index (χ3v) is 5.31. The van der Waals surface area contributed by atoms with Crippen LogP contribution in [0.1, 0.15) is 30.9 Å². The van der Waals surface area contributed by atoms with Crippen LogP contribution in [0, 0.1) is 0 Å². The first-order valence-electron chi connectivity index (χ1n) is 9.77. The minimum atomic E-state index is -0.772. The number of ether oxygens (including phenoxy) is 1. The van der Waals surface area contributed by atoms with Crippen molar-refractivity contribution in [3.8, 4) is 0 Å². The van der Waals surface area contributed by atoms with Crippen LogP contribution in [-0.2, 0) is 27.2 Å². The lowest BCUT2D eigenvalue weighted by Crippen LogP contribution is -2.39. The molecule has 5 nitrogen and oxygen atoms in total. The Balaban J connectivity index is 1.28. The monoisotopic (exact) mass is 376 g/mol. The SMILES string of the molecule is C[C@@H](OC(=O)CCCc1c[nH]c2ccccc12)C(=O)N1CCc2ccccc21. The van der Waals surface area contributed by atoms with E-state index >= 15 is 0 Å². The Morgan fingerprint density at radius 3 is 2.82 bits per heavy atom. The van der Waals surface area contributed by atoms with Gasteiger partial charge >= 0.3 is 5.97 Å². The van der Waals surface area contributed by atoms with Crippen molar-refractivity contribution in [1.29, 1.82) is 0 Å². The molecule has 1 aliphatic heterocycles. The number of benzene rings is 2. The van der Waals surface area contributed by atoms with E-state index in [0.29, 0.717) is 19.4 Å². The highest BCUT2D eigenvalue weighted by Gasteiger charge is 2.29. The van der Waals surface area contributed by atoms with Crippen LogP contribution in [0.25, 0.3) is 10.9 Å². The maximum atomic E-state index is 12.7. The predicted octanol–water partition coefficient (Wildman–Crippen LogP) is 4.01. The summed E-state index contributed by atoms with van der Waals surface area (Å²) in [6, 6.07) is 16.0. The zero-order valence-corrected chi connectivity index (χ0v) is 16.0. The molecule has 28 heavy (non-hydrogen) atoms. The lowest BCUT2D eigenvalue weighted by atomic mass is 10.1. The Kier molecular flexibility index (Phi) is 5.15. The number of aromatic amines is 1. The Labute approximate surface area is 164 Å². The van der Waals surface area contributed by atoms with Gasteiger partial charge < -0.3 is 14.6 Å². The molecule has 0 radical (unpaired) electrons. The molecule has 0 aliphatic carbocycles. The number of fused-ring (bicyclic) bond motifs is 2.